The fourth-order valence-corrected chi connectivity index (χ4v) is 4.35. The molecule has 1 saturated heterocycles. The Hall–Kier alpha value is -2.26. The molecule has 0 unspecified atom stereocenters. The van der Waals surface area contributed by atoms with Crippen LogP contribution in [0.4, 0.5) is 0 Å². The van der Waals surface area contributed by atoms with Gasteiger partial charge in [-0.1, -0.05) is 44.2 Å². The van der Waals surface area contributed by atoms with E-state index in [1.54, 1.807) is 4.90 Å². The van der Waals surface area contributed by atoms with E-state index in [1.807, 2.05) is 44.2 Å². The minimum Gasteiger partial charge on any atom is -0.417 e. The summed E-state index contributed by atoms with van der Waals surface area (Å²) >= 11 is 0. The zero-order chi connectivity index (χ0) is 19.4. The third-order valence-corrected chi connectivity index (χ3v) is 6.40. The molecule has 2 heterocycles. The van der Waals surface area contributed by atoms with E-state index in [9.17, 15) is 13.2 Å². The van der Waals surface area contributed by atoms with Crippen molar-refractivity contribution in [2.75, 3.05) is 31.9 Å². The first-order valence-electron chi connectivity index (χ1n) is 9.01. The summed E-state index contributed by atoms with van der Waals surface area (Å²) in [4.78, 5) is 14.0. The van der Waals surface area contributed by atoms with Crippen LogP contribution in [-0.4, -0.2) is 65.7 Å². The van der Waals surface area contributed by atoms with E-state index < -0.39 is 10.0 Å². The first-order chi connectivity index (χ1) is 12.9. The van der Waals surface area contributed by atoms with Crippen molar-refractivity contribution in [3.05, 3.63) is 47.7 Å². The molecule has 0 bridgehead atoms. The third-order valence-electron chi connectivity index (χ3n) is 4.53. The van der Waals surface area contributed by atoms with E-state index in [1.165, 1.54) is 4.31 Å². The quantitative estimate of drug-likeness (QED) is 0.739. The normalized spacial score (nSPS) is 16.0. The summed E-state index contributed by atoms with van der Waals surface area (Å²) in [6.45, 7) is 4.97. The number of nitrogens with zero attached hydrogens (tertiary/aromatic N) is 4. The Balaban J connectivity index is 1.55. The summed E-state index contributed by atoms with van der Waals surface area (Å²) < 4.78 is 32.0. The van der Waals surface area contributed by atoms with Crippen LogP contribution in [0.25, 0.3) is 0 Å². The lowest BCUT2D eigenvalue weighted by molar-refractivity contribution is 0.0655. The number of aromatic nitrogens is 2. The number of benzene rings is 1. The third kappa shape index (κ3) is 4.72. The van der Waals surface area contributed by atoms with Gasteiger partial charge in [-0.3, -0.25) is 4.79 Å². The van der Waals surface area contributed by atoms with Crippen LogP contribution in [0, 0.1) is 0 Å². The maximum absolute atomic E-state index is 12.6. The molecule has 1 aromatic heterocycles. The molecule has 146 valence electrons. The van der Waals surface area contributed by atoms with E-state index in [0.717, 1.165) is 5.56 Å². The minimum atomic E-state index is -3.36. The summed E-state index contributed by atoms with van der Waals surface area (Å²) in [5.41, 5.74) is 0.993. The molecule has 1 aliphatic rings. The molecule has 1 fully saturated rings. The number of hydrogen-bond donors (Lipinski definition) is 0. The summed E-state index contributed by atoms with van der Waals surface area (Å²) in [6, 6.07) is 9.54. The van der Waals surface area contributed by atoms with Gasteiger partial charge in [0, 0.05) is 32.1 Å². The molecule has 1 aromatic carbocycles. The lowest BCUT2D eigenvalue weighted by atomic mass is 10.2. The lowest BCUT2D eigenvalue weighted by Gasteiger charge is -2.33. The Labute approximate surface area is 159 Å². The number of aryl methyl sites for hydroxylation is 1. The molecule has 0 saturated carbocycles. The van der Waals surface area contributed by atoms with Crippen LogP contribution in [0.15, 0.2) is 34.7 Å². The summed E-state index contributed by atoms with van der Waals surface area (Å²) in [6.07, 6.45) is 0.474. The first kappa shape index (κ1) is 19.5. The SMILES string of the molecule is CC(C)c1nnc(C(=O)N2CCN(S(=O)(=O)CCc3ccccc3)CC2)o1. The maximum atomic E-state index is 12.6. The van der Waals surface area contributed by atoms with Crippen LogP contribution < -0.4 is 0 Å². The molecule has 1 amide bonds. The molecule has 0 N–H and O–H groups in total. The van der Waals surface area contributed by atoms with Gasteiger partial charge in [0.15, 0.2) is 0 Å². The number of carbonyl (C=O) groups is 1. The summed E-state index contributed by atoms with van der Waals surface area (Å²) in [7, 11) is -3.36. The Bertz CT molecular complexity index is 872. The zero-order valence-corrected chi connectivity index (χ0v) is 16.4. The van der Waals surface area contributed by atoms with Gasteiger partial charge in [0.25, 0.3) is 0 Å². The van der Waals surface area contributed by atoms with Gasteiger partial charge in [0.2, 0.25) is 15.9 Å². The molecule has 0 radical (unpaired) electrons. The molecule has 2 aromatic rings. The van der Waals surface area contributed by atoms with Crippen molar-refractivity contribution in [2.24, 2.45) is 0 Å². The molecule has 0 aliphatic carbocycles. The second-order valence-corrected chi connectivity index (χ2v) is 8.93. The van der Waals surface area contributed by atoms with Crippen LogP contribution in [-0.2, 0) is 16.4 Å². The molecule has 8 nitrogen and oxygen atoms in total. The lowest BCUT2D eigenvalue weighted by Crippen LogP contribution is -2.51. The second kappa shape index (κ2) is 8.18. The highest BCUT2D eigenvalue weighted by molar-refractivity contribution is 7.89. The highest BCUT2D eigenvalue weighted by atomic mass is 32.2. The monoisotopic (exact) mass is 392 g/mol. The Morgan fingerprint density at radius 2 is 1.78 bits per heavy atom. The minimum absolute atomic E-state index is 0.0425. The van der Waals surface area contributed by atoms with Gasteiger partial charge < -0.3 is 9.32 Å². The van der Waals surface area contributed by atoms with Crippen LogP contribution >= 0.6 is 0 Å². The van der Waals surface area contributed by atoms with Gasteiger partial charge in [-0.25, -0.2) is 8.42 Å². The summed E-state index contributed by atoms with van der Waals surface area (Å²) in [5.74, 6) is 0.132. The van der Waals surface area contributed by atoms with Gasteiger partial charge in [-0.05, 0) is 12.0 Å². The molecule has 0 atom stereocenters. The average Bonchev–Trinajstić information content (AvgIpc) is 3.17. The predicted molar refractivity (Wildman–Crippen MR) is 99.8 cm³/mol. The van der Waals surface area contributed by atoms with E-state index in [0.29, 0.717) is 25.4 Å². The van der Waals surface area contributed by atoms with Crippen molar-refractivity contribution in [3.63, 3.8) is 0 Å². The largest absolute Gasteiger partial charge is 0.417 e. The second-order valence-electron chi connectivity index (χ2n) is 6.84. The molecule has 0 spiro atoms. The number of piperazine rings is 1. The molecule has 27 heavy (non-hydrogen) atoms. The van der Waals surface area contributed by atoms with Crippen LogP contribution in [0.5, 0.6) is 0 Å². The van der Waals surface area contributed by atoms with Crippen LogP contribution in [0.3, 0.4) is 0 Å². The Morgan fingerprint density at radius 3 is 2.37 bits per heavy atom. The predicted octanol–water partition coefficient (Wildman–Crippen LogP) is 1.52. The topological polar surface area (TPSA) is 96.6 Å². The van der Waals surface area contributed by atoms with Crippen molar-refractivity contribution < 1.29 is 17.6 Å². The molecule has 3 rings (SSSR count). The summed E-state index contributed by atoms with van der Waals surface area (Å²) in [5, 5.41) is 7.67. The number of carbonyl (C=O) groups excluding carboxylic acids is 1. The van der Waals surface area contributed by atoms with Crippen LogP contribution in [0.1, 0.15) is 41.9 Å². The first-order valence-corrected chi connectivity index (χ1v) is 10.6. The van der Waals surface area contributed by atoms with Gasteiger partial charge in [-0.2, -0.15) is 4.31 Å². The average molecular weight is 392 g/mol. The van der Waals surface area contributed by atoms with Gasteiger partial charge in [-0.15, -0.1) is 10.2 Å². The molecule has 1 aliphatic heterocycles. The smallest absolute Gasteiger partial charge is 0.311 e. The highest BCUT2D eigenvalue weighted by Gasteiger charge is 2.31. The highest BCUT2D eigenvalue weighted by Crippen LogP contribution is 2.15. The number of amides is 1. The van der Waals surface area contributed by atoms with Gasteiger partial charge in [0.05, 0.1) is 5.75 Å². The van der Waals surface area contributed by atoms with E-state index in [4.69, 9.17) is 4.42 Å². The van der Waals surface area contributed by atoms with Crippen molar-refractivity contribution >= 4 is 15.9 Å². The van der Waals surface area contributed by atoms with E-state index >= 15 is 0 Å². The maximum Gasteiger partial charge on any atom is 0.311 e. The van der Waals surface area contributed by atoms with Crippen molar-refractivity contribution in [3.8, 4) is 0 Å². The zero-order valence-electron chi connectivity index (χ0n) is 15.5. The standard InChI is InChI=1S/C18H24N4O4S/c1-14(2)16-19-20-17(26-16)18(23)21-9-11-22(12-10-21)27(24,25)13-8-15-6-4-3-5-7-15/h3-7,14H,8-13H2,1-2H3. The van der Waals surface area contributed by atoms with Gasteiger partial charge in [0.1, 0.15) is 0 Å². The molecule has 9 heteroatoms. The van der Waals surface area contributed by atoms with Crippen molar-refractivity contribution in [1.29, 1.82) is 0 Å². The molecular weight excluding hydrogens is 368 g/mol. The Kier molecular flexibility index (Phi) is 5.91. The molecular formula is C18H24N4O4S. The fourth-order valence-electron chi connectivity index (χ4n) is 2.88. The number of hydrogen-bond acceptors (Lipinski definition) is 6. The number of rotatable bonds is 6. The van der Waals surface area contributed by atoms with Crippen molar-refractivity contribution in [2.45, 2.75) is 26.2 Å². The fraction of sp³-hybridized carbons (Fsp3) is 0.500. The van der Waals surface area contributed by atoms with Crippen LogP contribution in [0.2, 0.25) is 0 Å². The van der Waals surface area contributed by atoms with Crippen molar-refractivity contribution in [1.82, 2.24) is 19.4 Å². The van der Waals surface area contributed by atoms with E-state index in [2.05, 4.69) is 10.2 Å². The Morgan fingerprint density at radius 1 is 1.11 bits per heavy atom. The van der Waals surface area contributed by atoms with E-state index in [-0.39, 0.29) is 36.6 Å². The van der Waals surface area contributed by atoms with Gasteiger partial charge >= 0.3 is 11.8 Å². The number of sulfonamides is 1.